The summed E-state index contributed by atoms with van der Waals surface area (Å²) < 4.78 is 77.1. The van der Waals surface area contributed by atoms with Gasteiger partial charge in [0.05, 0.1) is 29.7 Å². The van der Waals surface area contributed by atoms with E-state index in [1.165, 1.54) is 13.1 Å². The number of aromatic nitrogens is 4. The molecule has 3 rings (SSSR count). The molecule has 1 aliphatic rings. The van der Waals surface area contributed by atoms with Crippen LogP contribution in [0.4, 0.5) is 38.0 Å². The quantitative estimate of drug-likeness (QED) is 0.243. The number of nitrogens with zero attached hydrogens (tertiary/aromatic N) is 5. The number of H-pyrrole nitrogens is 1. The lowest BCUT2D eigenvalue weighted by molar-refractivity contribution is -0.139. The van der Waals surface area contributed by atoms with Gasteiger partial charge in [0, 0.05) is 25.5 Å². The Kier molecular flexibility index (Phi) is 8.17. The van der Waals surface area contributed by atoms with E-state index in [-0.39, 0.29) is 12.6 Å². The zero-order valence-electron chi connectivity index (χ0n) is 18.5. The van der Waals surface area contributed by atoms with Gasteiger partial charge in [-0.05, 0) is 32.1 Å². The molecule has 1 atom stereocenters. The summed E-state index contributed by atoms with van der Waals surface area (Å²) in [6, 6.07) is -0.674. The Morgan fingerprint density at radius 2 is 1.83 bits per heavy atom. The van der Waals surface area contributed by atoms with E-state index in [1.807, 2.05) is 4.90 Å². The Balaban J connectivity index is 1.39. The van der Waals surface area contributed by atoms with Crippen molar-refractivity contribution in [3.63, 3.8) is 0 Å². The number of piperidine rings is 1. The maximum absolute atomic E-state index is 13.1. The third-order valence-corrected chi connectivity index (χ3v) is 5.36. The van der Waals surface area contributed by atoms with Gasteiger partial charge in [0.1, 0.15) is 12.2 Å². The van der Waals surface area contributed by atoms with Crippen LogP contribution in [0.25, 0.3) is 0 Å². The summed E-state index contributed by atoms with van der Waals surface area (Å²) in [5, 5.41) is 11.4. The van der Waals surface area contributed by atoms with Crippen molar-refractivity contribution < 1.29 is 31.2 Å². The van der Waals surface area contributed by atoms with E-state index >= 15 is 0 Å². The Bertz CT molecular complexity index is 1050. The zero-order chi connectivity index (χ0) is 25.6. The Labute approximate surface area is 195 Å². The van der Waals surface area contributed by atoms with Gasteiger partial charge in [0.25, 0.3) is 5.56 Å². The Morgan fingerprint density at radius 1 is 1.17 bits per heavy atom. The highest BCUT2D eigenvalue weighted by atomic mass is 19.4. The topological polar surface area (TPSA) is 108 Å². The number of anilines is 2. The van der Waals surface area contributed by atoms with Crippen LogP contribution in [0.1, 0.15) is 37.3 Å². The summed E-state index contributed by atoms with van der Waals surface area (Å²) in [4.78, 5) is 26.1. The standard InChI is InChI=1S/C20H23F6N7O2/c1-12(31-15-11-29-32-17(34)16(15)20(24,25)26)8-30-35-7-4-13-2-5-33(6-3-13)18-27-9-14(10-28-18)19(21,22)23/h8-13H,2-7H2,1H3,(H2,31,32,34)/b30-8+. The molecule has 3 heterocycles. The Morgan fingerprint density at radius 3 is 2.43 bits per heavy atom. The molecule has 192 valence electrons. The maximum atomic E-state index is 13.1. The van der Waals surface area contributed by atoms with Crippen molar-refractivity contribution in [1.82, 2.24) is 20.2 Å². The molecular weight excluding hydrogens is 484 g/mol. The van der Waals surface area contributed by atoms with Crippen molar-refractivity contribution in [3.8, 4) is 0 Å². The predicted octanol–water partition coefficient (Wildman–Crippen LogP) is 3.71. The summed E-state index contributed by atoms with van der Waals surface area (Å²) in [5.41, 5.74) is -4.09. The highest BCUT2D eigenvalue weighted by Gasteiger charge is 2.37. The monoisotopic (exact) mass is 507 g/mol. The van der Waals surface area contributed by atoms with Gasteiger partial charge in [-0.3, -0.25) is 4.79 Å². The van der Waals surface area contributed by atoms with E-state index in [0.29, 0.717) is 25.4 Å². The van der Waals surface area contributed by atoms with Gasteiger partial charge in [-0.25, -0.2) is 15.1 Å². The molecule has 1 saturated heterocycles. The highest BCUT2D eigenvalue weighted by Crippen LogP contribution is 2.32. The highest BCUT2D eigenvalue weighted by molar-refractivity contribution is 5.69. The second-order valence-corrected chi connectivity index (χ2v) is 7.99. The summed E-state index contributed by atoms with van der Waals surface area (Å²) in [7, 11) is 0. The van der Waals surface area contributed by atoms with Crippen LogP contribution in [0.3, 0.4) is 0 Å². The average Bonchev–Trinajstić information content (AvgIpc) is 2.78. The number of hydrogen-bond donors (Lipinski definition) is 2. The molecule has 2 N–H and O–H groups in total. The summed E-state index contributed by atoms with van der Waals surface area (Å²) in [5.74, 6) is 0.561. The Hall–Kier alpha value is -3.39. The van der Waals surface area contributed by atoms with Crippen LogP contribution >= 0.6 is 0 Å². The van der Waals surface area contributed by atoms with Crippen LogP contribution in [0, 0.1) is 5.92 Å². The minimum absolute atomic E-state index is 0.253. The molecule has 0 saturated carbocycles. The van der Waals surface area contributed by atoms with Crippen molar-refractivity contribution in [2.45, 2.75) is 44.6 Å². The molecule has 1 aliphatic heterocycles. The molecule has 1 unspecified atom stereocenters. The van der Waals surface area contributed by atoms with Crippen LogP contribution in [-0.4, -0.2) is 52.1 Å². The SMILES string of the molecule is CC(/C=N/OCCC1CCN(c2ncc(C(F)(F)F)cn2)CC1)Nc1cn[nH]c(=O)c1C(F)(F)F. The van der Waals surface area contributed by atoms with Crippen molar-refractivity contribution in [3.05, 3.63) is 40.1 Å². The molecule has 0 bridgehead atoms. The van der Waals surface area contributed by atoms with E-state index in [4.69, 9.17) is 4.84 Å². The van der Waals surface area contributed by atoms with Gasteiger partial charge in [0.2, 0.25) is 5.95 Å². The third-order valence-electron chi connectivity index (χ3n) is 5.36. The normalized spacial score (nSPS) is 16.5. The van der Waals surface area contributed by atoms with Gasteiger partial charge in [-0.15, -0.1) is 0 Å². The molecule has 35 heavy (non-hydrogen) atoms. The first kappa shape index (κ1) is 26.2. The molecule has 9 nitrogen and oxygen atoms in total. The van der Waals surface area contributed by atoms with E-state index in [9.17, 15) is 31.1 Å². The van der Waals surface area contributed by atoms with Crippen LogP contribution in [0.2, 0.25) is 0 Å². The number of hydrogen-bond acceptors (Lipinski definition) is 8. The summed E-state index contributed by atoms with van der Waals surface area (Å²) >= 11 is 0. The van der Waals surface area contributed by atoms with Crippen molar-refractivity contribution in [2.75, 3.05) is 29.9 Å². The first-order valence-electron chi connectivity index (χ1n) is 10.7. The number of rotatable bonds is 8. The predicted molar refractivity (Wildman–Crippen MR) is 114 cm³/mol. The largest absolute Gasteiger partial charge is 0.423 e. The molecule has 2 aromatic rings. The number of aromatic amines is 1. The second-order valence-electron chi connectivity index (χ2n) is 7.99. The number of halogens is 6. The number of alkyl halides is 6. The first-order chi connectivity index (χ1) is 16.4. The third kappa shape index (κ3) is 7.29. The summed E-state index contributed by atoms with van der Waals surface area (Å²) in [6.45, 7) is 3.00. The second kappa shape index (κ2) is 10.9. The fourth-order valence-electron chi connectivity index (χ4n) is 3.53. The van der Waals surface area contributed by atoms with Crippen LogP contribution in [-0.2, 0) is 17.2 Å². The molecule has 1 fully saturated rings. The molecule has 0 amide bonds. The van der Waals surface area contributed by atoms with Gasteiger partial charge < -0.3 is 15.1 Å². The average molecular weight is 507 g/mol. The van der Waals surface area contributed by atoms with Crippen molar-refractivity contribution >= 4 is 17.9 Å². The fourth-order valence-corrected chi connectivity index (χ4v) is 3.53. The van der Waals surface area contributed by atoms with Crippen molar-refractivity contribution in [2.24, 2.45) is 11.1 Å². The lowest BCUT2D eigenvalue weighted by Crippen LogP contribution is -2.35. The molecule has 15 heteroatoms. The summed E-state index contributed by atoms with van der Waals surface area (Å²) in [6.07, 6.45) is -3.43. The molecule has 0 spiro atoms. The van der Waals surface area contributed by atoms with Crippen LogP contribution in [0.15, 0.2) is 28.5 Å². The lowest BCUT2D eigenvalue weighted by atomic mass is 9.94. The zero-order valence-corrected chi connectivity index (χ0v) is 18.5. The first-order valence-corrected chi connectivity index (χ1v) is 10.7. The van der Waals surface area contributed by atoms with Crippen LogP contribution < -0.4 is 15.8 Å². The molecule has 0 aliphatic carbocycles. The van der Waals surface area contributed by atoms with E-state index < -0.39 is 40.8 Å². The van der Waals surface area contributed by atoms with Gasteiger partial charge >= 0.3 is 12.4 Å². The maximum Gasteiger partial charge on any atom is 0.423 e. The van der Waals surface area contributed by atoms with E-state index in [1.54, 1.807) is 5.10 Å². The molecule has 0 aromatic carbocycles. The molecular formula is C20H23F6N7O2. The van der Waals surface area contributed by atoms with E-state index in [0.717, 1.165) is 31.4 Å². The molecule has 2 aromatic heterocycles. The van der Waals surface area contributed by atoms with Gasteiger partial charge in [-0.1, -0.05) is 5.16 Å². The smallest absolute Gasteiger partial charge is 0.396 e. The number of oxime groups is 1. The number of nitrogens with one attached hydrogen (secondary N) is 2. The molecule has 0 radical (unpaired) electrons. The van der Waals surface area contributed by atoms with Gasteiger partial charge in [-0.2, -0.15) is 31.4 Å². The van der Waals surface area contributed by atoms with Gasteiger partial charge in [0.15, 0.2) is 0 Å². The van der Waals surface area contributed by atoms with Crippen LogP contribution in [0.5, 0.6) is 0 Å². The lowest BCUT2D eigenvalue weighted by Gasteiger charge is -2.31. The minimum Gasteiger partial charge on any atom is -0.396 e. The fraction of sp³-hybridized carbons (Fsp3) is 0.550. The van der Waals surface area contributed by atoms with E-state index in [2.05, 4.69) is 25.5 Å². The van der Waals surface area contributed by atoms with Crippen molar-refractivity contribution in [1.29, 1.82) is 0 Å². The minimum atomic E-state index is -4.85.